The van der Waals surface area contributed by atoms with Crippen LogP contribution in [0.15, 0.2) is 297 Å². The number of hydrogen-bond donors (Lipinski definition) is 0. The molecule has 0 amide bonds. The van der Waals surface area contributed by atoms with E-state index >= 15 is 0 Å². The number of benzene rings is 10. The Labute approximate surface area is 473 Å². The number of anilines is 8. The highest BCUT2D eigenvalue weighted by Crippen LogP contribution is 2.45. The molecule has 10 aromatic carbocycles. The lowest BCUT2D eigenvalue weighted by Crippen LogP contribution is -2.34. The van der Waals surface area contributed by atoms with Gasteiger partial charge in [0.15, 0.2) is 0 Å². The zero-order chi connectivity index (χ0) is 52.7. The number of para-hydroxylation sites is 3. The molecule has 1 fully saturated rings. The molecule has 12 aromatic rings. The number of rotatable bonds is 15. The van der Waals surface area contributed by atoms with Gasteiger partial charge in [-0.05, 0) is 192 Å². The van der Waals surface area contributed by atoms with Gasteiger partial charge in [-0.3, -0.25) is 0 Å². The first-order valence-corrected chi connectivity index (χ1v) is 29.1. The molecule has 0 N–H and O–H groups in total. The highest BCUT2D eigenvalue weighted by Gasteiger charge is 2.29. The number of nitrogens with zero attached hydrogens (tertiary/aromatic N) is 3. The van der Waals surface area contributed by atoms with E-state index in [0.717, 1.165) is 52.5 Å². The van der Waals surface area contributed by atoms with Crippen LogP contribution in [0, 0.1) is 0 Å². The standard InChI is InChI=1S/C74H59N3S2/c1-6-16-58(17-7-1)71-50-52-73(78-71)60-34-46-69(47-35-60)76(63-22-12-4-13-23-63)67-42-30-56(31-43-67)54-26-38-65(39-27-54)75(62-20-10-3-11-21-62)66-40-28-55(29-41-66)57-32-44-68(45-33-57)77(64-24-14-5-15-25-64)70-48-36-61(37-49-70)74-53-51-72(79-74)59-18-8-2-9-19-59/h1-35,38-47,50-53,61,70H,36-37,48-49H2. The number of hydrogen-bond acceptors (Lipinski definition) is 5. The topological polar surface area (TPSA) is 9.72 Å². The van der Waals surface area contributed by atoms with Crippen molar-refractivity contribution in [3.63, 3.8) is 0 Å². The molecule has 13 rings (SSSR count). The first kappa shape index (κ1) is 49.6. The van der Waals surface area contributed by atoms with Gasteiger partial charge in [-0.25, -0.2) is 0 Å². The van der Waals surface area contributed by atoms with Gasteiger partial charge in [-0.2, -0.15) is 0 Å². The van der Waals surface area contributed by atoms with Crippen molar-refractivity contribution in [3.05, 3.63) is 302 Å². The van der Waals surface area contributed by atoms with E-state index in [1.807, 2.05) is 22.7 Å². The molecule has 0 bridgehead atoms. The highest BCUT2D eigenvalue weighted by molar-refractivity contribution is 7.18. The van der Waals surface area contributed by atoms with Gasteiger partial charge in [0.2, 0.25) is 0 Å². The Kier molecular flexibility index (Phi) is 14.4. The molecular weight excluding hydrogens is 995 g/mol. The van der Waals surface area contributed by atoms with E-state index in [-0.39, 0.29) is 0 Å². The number of thiophene rings is 2. The van der Waals surface area contributed by atoms with Crippen LogP contribution in [0.3, 0.4) is 0 Å². The molecular formula is C74H59N3S2. The second-order valence-electron chi connectivity index (χ2n) is 20.4. The average Bonchev–Trinajstić information content (AvgIpc) is 4.26. The summed E-state index contributed by atoms with van der Waals surface area (Å²) in [7, 11) is 0. The van der Waals surface area contributed by atoms with Gasteiger partial charge in [-0.15, -0.1) is 22.7 Å². The van der Waals surface area contributed by atoms with Crippen LogP contribution in [0.2, 0.25) is 0 Å². The van der Waals surface area contributed by atoms with Crippen molar-refractivity contribution in [1.29, 1.82) is 0 Å². The summed E-state index contributed by atoms with van der Waals surface area (Å²) in [5.74, 6) is 0.615. The molecule has 0 spiro atoms. The maximum Gasteiger partial charge on any atom is 0.0462 e. The molecule has 5 heteroatoms. The average molecular weight is 1050 g/mol. The first-order valence-electron chi connectivity index (χ1n) is 27.5. The molecule has 1 saturated carbocycles. The molecule has 0 radical (unpaired) electrons. The second-order valence-corrected chi connectivity index (χ2v) is 22.6. The minimum Gasteiger partial charge on any atom is -0.338 e. The Bertz CT molecular complexity index is 3850. The van der Waals surface area contributed by atoms with Crippen LogP contribution in [0.5, 0.6) is 0 Å². The molecule has 0 atom stereocenters. The summed E-state index contributed by atoms with van der Waals surface area (Å²) >= 11 is 3.81. The molecule has 0 saturated heterocycles. The van der Waals surface area contributed by atoms with Gasteiger partial charge in [0, 0.05) is 71.0 Å². The smallest absolute Gasteiger partial charge is 0.0462 e. The van der Waals surface area contributed by atoms with Crippen molar-refractivity contribution in [1.82, 2.24) is 0 Å². The van der Waals surface area contributed by atoms with Crippen molar-refractivity contribution in [2.45, 2.75) is 37.6 Å². The predicted octanol–water partition coefficient (Wildman–Crippen LogP) is 21.9. The van der Waals surface area contributed by atoms with Gasteiger partial charge in [0.25, 0.3) is 0 Å². The predicted molar refractivity (Wildman–Crippen MR) is 339 cm³/mol. The van der Waals surface area contributed by atoms with E-state index in [9.17, 15) is 0 Å². The van der Waals surface area contributed by atoms with Gasteiger partial charge in [0.1, 0.15) is 0 Å². The Balaban J connectivity index is 0.709. The van der Waals surface area contributed by atoms with E-state index < -0.39 is 0 Å². The van der Waals surface area contributed by atoms with E-state index in [4.69, 9.17) is 0 Å². The van der Waals surface area contributed by atoms with E-state index in [1.165, 1.54) is 77.1 Å². The van der Waals surface area contributed by atoms with Crippen molar-refractivity contribution in [2.24, 2.45) is 0 Å². The third kappa shape index (κ3) is 10.8. The third-order valence-electron chi connectivity index (χ3n) is 15.5. The monoisotopic (exact) mass is 1050 g/mol. The summed E-state index contributed by atoms with van der Waals surface area (Å²) in [6.07, 6.45) is 4.72. The Hall–Kier alpha value is -9.00. The molecule has 1 aliphatic carbocycles. The van der Waals surface area contributed by atoms with Crippen molar-refractivity contribution in [2.75, 3.05) is 14.7 Å². The fourth-order valence-corrected chi connectivity index (χ4v) is 13.6. The van der Waals surface area contributed by atoms with E-state index in [2.05, 4.69) is 312 Å². The zero-order valence-corrected chi connectivity index (χ0v) is 45.6. The van der Waals surface area contributed by atoms with Crippen LogP contribution in [-0.4, -0.2) is 6.04 Å². The SMILES string of the molecule is c1ccc(-c2ccc(-c3ccc(N(c4ccccc4)c4ccc(-c5ccc(N(c6ccccc6)c6ccc(-c7ccc(N(c8ccccc8)C8CCC(c9ccc(-c%10ccccc%10)s9)CC8)cc7)cc6)cc5)cc4)cc3)s2)cc1. The molecule has 2 heterocycles. The van der Waals surface area contributed by atoms with Crippen LogP contribution >= 0.6 is 22.7 Å². The fourth-order valence-electron chi connectivity index (χ4n) is 11.4. The molecule has 79 heavy (non-hydrogen) atoms. The van der Waals surface area contributed by atoms with Crippen molar-refractivity contribution in [3.8, 4) is 53.6 Å². The Morgan fingerprint density at radius 3 is 0.899 bits per heavy atom. The fraction of sp³-hybridized carbons (Fsp3) is 0.0811. The summed E-state index contributed by atoms with van der Waals surface area (Å²) < 4.78 is 0. The zero-order valence-electron chi connectivity index (χ0n) is 43.9. The maximum atomic E-state index is 2.60. The van der Waals surface area contributed by atoms with Crippen LogP contribution in [-0.2, 0) is 0 Å². The lowest BCUT2D eigenvalue weighted by molar-refractivity contribution is 0.395. The Morgan fingerprint density at radius 1 is 0.228 bits per heavy atom. The molecule has 382 valence electrons. The quantitative estimate of drug-likeness (QED) is 0.101. The molecule has 2 aromatic heterocycles. The molecule has 3 nitrogen and oxygen atoms in total. The molecule has 1 aliphatic rings. The lowest BCUT2D eigenvalue weighted by Gasteiger charge is -2.38. The summed E-state index contributed by atoms with van der Waals surface area (Å²) in [6, 6.07) is 108. The van der Waals surface area contributed by atoms with Crippen molar-refractivity contribution < 1.29 is 0 Å². The van der Waals surface area contributed by atoms with Crippen LogP contribution < -0.4 is 14.7 Å². The third-order valence-corrected chi connectivity index (χ3v) is 18.0. The van der Waals surface area contributed by atoms with Crippen LogP contribution in [0.1, 0.15) is 36.5 Å². The van der Waals surface area contributed by atoms with E-state index in [0.29, 0.717) is 12.0 Å². The molecule has 0 unspecified atom stereocenters. The van der Waals surface area contributed by atoms with Gasteiger partial charge in [-0.1, -0.05) is 176 Å². The molecule has 0 aliphatic heterocycles. The normalized spacial score (nSPS) is 14.1. The minimum atomic E-state index is 0.439. The largest absolute Gasteiger partial charge is 0.338 e. The van der Waals surface area contributed by atoms with Crippen molar-refractivity contribution >= 4 is 68.2 Å². The minimum absolute atomic E-state index is 0.439. The van der Waals surface area contributed by atoms with Gasteiger partial charge >= 0.3 is 0 Å². The van der Waals surface area contributed by atoms with Crippen LogP contribution in [0.4, 0.5) is 45.5 Å². The summed E-state index contributed by atoms with van der Waals surface area (Å²) in [5, 5.41) is 0. The Morgan fingerprint density at radius 2 is 0.506 bits per heavy atom. The van der Waals surface area contributed by atoms with E-state index in [1.54, 1.807) is 0 Å². The van der Waals surface area contributed by atoms with Gasteiger partial charge in [0.05, 0.1) is 0 Å². The first-order chi connectivity index (χ1) is 39.1. The summed E-state index contributed by atoms with van der Waals surface area (Å²) in [5.41, 5.74) is 17.7. The second kappa shape index (κ2) is 22.9. The lowest BCUT2D eigenvalue weighted by atomic mass is 9.84. The maximum absolute atomic E-state index is 2.60. The highest BCUT2D eigenvalue weighted by atomic mass is 32.1. The van der Waals surface area contributed by atoms with Crippen LogP contribution in [0.25, 0.3) is 53.6 Å². The summed E-state index contributed by atoms with van der Waals surface area (Å²) in [6.45, 7) is 0. The summed E-state index contributed by atoms with van der Waals surface area (Å²) in [4.78, 5) is 12.7. The van der Waals surface area contributed by atoms with Gasteiger partial charge < -0.3 is 14.7 Å².